The first kappa shape index (κ1) is 16.5. The zero-order valence-corrected chi connectivity index (χ0v) is 14.0. The lowest BCUT2D eigenvalue weighted by Gasteiger charge is -2.12. The maximum Gasteiger partial charge on any atom is 0.254 e. The smallest absolute Gasteiger partial charge is 0.254 e. The number of aromatic nitrogens is 1. The molecule has 0 saturated carbocycles. The molecule has 2 heterocycles. The number of benzene rings is 1. The van der Waals surface area contributed by atoms with Gasteiger partial charge in [-0.05, 0) is 30.5 Å². The van der Waals surface area contributed by atoms with Gasteiger partial charge in [-0.2, -0.15) is 0 Å². The van der Waals surface area contributed by atoms with Gasteiger partial charge in [0, 0.05) is 18.5 Å². The Hall–Kier alpha value is -2.34. The fraction of sp³-hybridized carbons (Fsp3) is 0.278. The molecule has 0 spiro atoms. The molecule has 2 aromatic rings. The van der Waals surface area contributed by atoms with Crippen LogP contribution in [0, 0.1) is 0 Å². The summed E-state index contributed by atoms with van der Waals surface area (Å²) in [5, 5.41) is 6.21. The Labute approximate surface area is 145 Å². The van der Waals surface area contributed by atoms with Crippen LogP contribution in [-0.2, 0) is 11.2 Å². The lowest BCUT2D eigenvalue weighted by Crippen LogP contribution is -2.40. The second kappa shape index (κ2) is 7.97. The summed E-state index contributed by atoms with van der Waals surface area (Å²) in [5.74, 6) is 0.475. The van der Waals surface area contributed by atoms with Gasteiger partial charge in [-0.3, -0.25) is 9.59 Å². The van der Waals surface area contributed by atoms with Gasteiger partial charge in [0.25, 0.3) is 5.91 Å². The van der Waals surface area contributed by atoms with Crippen LogP contribution in [0.5, 0.6) is 0 Å². The summed E-state index contributed by atoms with van der Waals surface area (Å²) in [6.07, 6.45) is 3.22. The SMILES string of the molecule is O=C(NC1CCNC1=O)c1cccnc1SCCc1ccccc1. The summed E-state index contributed by atoms with van der Waals surface area (Å²) in [6.45, 7) is 0.607. The minimum atomic E-state index is -0.445. The van der Waals surface area contributed by atoms with E-state index in [2.05, 4.69) is 27.8 Å². The zero-order valence-electron chi connectivity index (χ0n) is 13.2. The Morgan fingerprint density at radius 1 is 1.25 bits per heavy atom. The van der Waals surface area contributed by atoms with Crippen molar-refractivity contribution in [1.29, 1.82) is 0 Å². The highest BCUT2D eigenvalue weighted by atomic mass is 32.2. The normalized spacial score (nSPS) is 16.7. The molecule has 24 heavy (non-hydrogen) atoms. The molecule has 0 radical (unpaired) electrons. The third-order valence-corrected chi connectivity index (χ3v) is 4.85. The lowest BCUT2D eigenvalue weighted by molar-refractivity contribution is -0.120. The molecule has 6 heteroatoms. The van der Waals surface area contributed by atoms with E-state index in [1.165, 1.54) is 5.56 Å². The Balaban J connectivity index is 1.62. The summed E-state index contributed by atoms with van der Waals surface area (Å²) in [6, 6.07) is 13.3. The van der Waals surface area contributed by atoms with Gasteiger partial charge in [0.15, 0.2) is 0 Å². The molecule has 2 N–H and O–H groups in total. The van der Waals surface area contributed by atoms with Crippen LogP contribution in [0.25, 0.3) is 0 Å². The van der Waals surface area contributed by atoms with Crippen LogP contribution < -0.4 is 10.6 Å². The summed E-state index contributed by atoms with van der Waals surface area (Å²) in [7, 11) is 0. The monoisotopic (exact) mass is 341 g/mol. The van der Waals surface area contributed by atoms with Gasteiger partial charge in [0.05, 0.1) is 5.56 Å². The minimum absolute atomic E-state index is 0.120. The quantitative estimate of drug-likeness (QED) is 0.789. The summed E-state index contributed by atoms with van der Waals surface area (Å²) in [4.78, 5) is 28.4. The number of pyridine rings is 1. The number of aryl methyl sites for hydroxylation is 1. The second-order valence-electron chi connectivity index (χ2n) is 5.55. The van der Waals surface area contributed by atoms with Crippen molar-refractivity contribution in [3.8, 4) is 0 Å². The molecule has 124 valence electrons. The first-order valence-electron chi connectivity index (χ1n) is 7.94. The molecule has 0 aliphatic carbocycles. The van der Waals surface area contributed by atoms with Crippen LogP contribution in [0.15, 0.2) is 53.7 Å². The Kier molecular flexibility index (Phi) is 5.48. The van der Waals surface area contributed by atoms with Crippen molar-refractivity contribution >= 4 is 23.6 Å². The number of amides is 2. The number of rotatable bonds is 6. The molecule has 0 bridgehead atoms. The average Bonchev–Trinajstić information content (AvgIpc) is 3.01. The first-order chi connectivity index (χ1) is 11.7. The molecule has 3 rings (SSSR count). The van der Waals surface area contributed by atoms with Gasteiger partial charge in [0.1, 0.15) is 11.1 Å². The summed E-state index contributed by atoms with van der Waals surface area (Å²) in [5.41, 5.74) is 1.78. The number of nitrogens with one attached hydrogen (secondary N) is 2. The molecule has 1 aliphatic rings. The van der Waals surface area contributed by atoms with E-state index in [1.807, 2.05) is 18.2 Å². The molecule has 1 aliphatic heterocycles. The van der Waals surface area contributed by atoms with Gasteiger partial charge in [-0.1, -0.05) is 30.3 Å². The molecule has 5 nitrogen and oxygen atoms in total. The lowest BCUT2D eigenvalue weighted by atomic mass is 10.2. The molecule has 2 amide bonds. The molecule has 1 saturated heterocycles. The number of thioether (sulfide) groups is 1. The van der Waals surface area contributed by atoms with Gasteiger partial charge >= 0.3 is 0 Å². The van der Waals surface area contributed by atoms with Crippen LogP contribution >= 0.6 is 11.8 Å². The standard InChI is InChI=1S/C18H19N3O2S/c22-16(21-15-8-11-19-17(15)23)14-7-4-10-20-18(14)24-12-9-13-5-2-1-3-6-13/h1-7,10,15H,8-9,11-12H2,(H,19,23)(H,21,22). The number of carbonyl (C=O) groups is 2. The van der Waals surface area contributed by atoms with Gasteiger partial charge in [-0.25, -0.2) is 4.98 Å². The molecular weight excluding hydrogens is 322 g/mol. The van der Waals surface area contributed by atoms with Crippen molar-refractivity contribution in [1.82, 2.24) is 15.6 Å². The molecule has 1 aromatic heterocycles. The third-order valence-electron chi connectivity index (χ3n) is 3.84. The summed E-state index contributed by atoms with van der Waals surface area (Å²) < 4.78 is 0. The van der Waals surface area contributed by atoms with Gasteiger partial charge < -0.3 is 10.6 Å². The van der Waals surface area contributed by atoms with Crippen LogP contribution in [0.4, 0.5) is 0 Å². The van der Waals surface area contributed by atoms with Crippen LogP contribution in [0.2, 0.25) is 0 Å². The molecule has 1 aromatic carbocycles. The van der Waals surface area contributed by atoms with Gasteiger partial charge in [-0.15, -0.1) is 11.8 Å². The van der Waals surface area contributed by atoms with Crippen LogP contribution in [0.1, 0.15) is 22.3 Å². The van der Waals surface area contributed by atoms with E-state index in [9.17, 15) is 9.59 Å². The van der Waals surface area contributed by atoms with E-state index < -0.39 is 6.04 Å². The first-order valence-corrected chi connectivity index (χ1v) is 8.93. The van der Waals surface area contributed by atoms with E-state index in [1.54, 1.807) is 30.1 Å². The largest absolute Gasteiger partial charge is 0.354 e. The second-order valence-corrected chi connectivity index (χ2v) is 6.63. The predicted molar refractivity (Wildman–Crippen MR) is 94.0 cm³/mol. The maximum absolute atomic E-state index is 12.5. The fourth-order valence-electron chi connectivity index (χ4n) is 2.56. The number of hydrogen-bond donors (Lipinski definition) is 2. The van der Waals surface area contributed by atoms with Crippen LogP contribution in [-0.4, -0.2) is 35.1 Å². The maximum atomic E-state index is 12.5. The zero-order chi connectivity index (χ0) is 16.8. The van der Waals surface area contributed by atoms with Crippen molar-refractivity contribution in [2.75, 3.05) is 12.3 Å². The predicted octanol–water partition coefficient (Wildman–Crippen LogP) is 2.03. The highest BCUT2D eigenvalue weighted by molar-refractivity contribution is 7.99. The van der Waals surface area contributed by atoms with Crippen molar-refractivity contribution in [2.45, 2.75) is 23.9 Å². The highest BCUT2D eigenvalue weighted by Crippen LogP contribution is 2.21. The van der Waals surface area contributed by atoms with Crippen molar-refractivity contribution in [2.24, 2.45) is 0 Å². The highest BCUT2D eigenvalue weighted by Gasteiger charge is 2.26. The average molecular weight is 341 g/mol. The molecule has 1 fully saturated rings. The van der Waals surface area contributed by atoms with Crippen molar-refractivity contribution in [3.63, 3.8) is 0 Å². The summed E-state index contributed by atoms with van der Waals surface area (Å²) >= 11 is 1.56. The van der Waals surface area contributed by atoms with Crippen molar-refractivity contribution < 1.29 is 9.59 Å². The van der Waals surface area contributed by atoms with Gasteiger partial charge in [0.2, 0.25) is 5.91 Å². The number of nitrogens with zero attached hydrogens (tertiary/aromatic N) is 1. The topological polar surface area (TPSA) is 71.1 Å². The van der Waals surface area contributed by atoms with Crippen LogP contribution in [0.3, 0.4) is 0 Å². The molecular formula is C18H19N3O2S. The minimum Gasteiger partial charge on any atom is -0.354 e. The van der Waals surface area contributed by atoms with E-state index in [0.29, 0.717) is 23.6 Å². The van der Waals surface area contributed by atoms with E-state index in [-0.39, 0.29) is 11.8 Å². The fourth-order valence-corrected chi connectivity index (χ4v) is 3.54. The van der Waals surface area contributed by atoms with E-state index in [0.717, 1.165) is 12.2 Å². The Morgan fingerprint density at radius 2 is 2.08 bits per heavy atom. The Morgan fingerprint density at radius 3 is 2.83 bits per heavy atom. The van der Waals surface area contributed by atoms with E-state index in [4.69, 9.17) is 0 Å². The molecule has 1 atom stereocenters. The molecule has 1 unspecified atom stereocenters. The third kappa shape index (κ3) is 4.14. The van der Waals surface area contributed by atoms with Crippen molar-refractivity contribution in [3.05, 3.63) is 59.8 Å². The van der Waals surface area contributed by atoms with E-state index >= 15 is 0 Å². The Bertz CT molecular complexity index is 721. The number of hydrogen-bond acceptors (Lipinski definition) is 4. The number of carbonyl (C=O) groups excluding carboxylic acids is 2.